The van der Waals surface area contributed by atoms with E-state index in [0.717, 1.165) is 5.56 Å². The summed E-state index contributed by atoms with van der Waals surface area (Å²) in [4.78, 5) is 11.9. The molecule has 0 fully saturated rings. The van der Waals surface area contributed by atoms with E-state index in [1.165, 1.54) is 29.8 Å². The smallest absolute Gasteiger partial charge is 0.307 e. The molecule has 0 amide bonds. The first kappa shape index (κ1) is 20.4. The third-order valence-electron chi connectivity index (χ3n) is 3.79. The first-order chi connectivity index (χ1) is 12.3. The predicted molar refractivity (Wildman–Crippen MR) is 102 cm³/mol. The van der Waals surface area contributed by atoms with E-state index in [2.05, 4.69) is 18.6 Å². The number of sulfonamides is 1. The zero-order valence-electron chi connectivity index (χ0n) is 14.7. The predicted octanol–water partition coefficient (Wildman–Crippen LogP) is 3.88. The number of rotatable bonds is 8. The molecule has 0 heterocycles. The number of esters is 1. The molecule has 1 N–H and O–H groups in total. The Kier molecular flexibility index (Phi) is 7.20. The molecule has 0 aliphatic rings. The number of carbonyl (C=O) groups is 1. The van der Waals surface area contributed by atoms with Gasteiger partial charge in [0.05, 0.1) is 11.3 Å². The number of halogens is 1. The van der Waals surface area contributed by atoms with Gasteiger partial charge in [0.1, 0.15) is 6.61 Å². The van der Waals surface area contributed by atoms with Gasteiger partial charge in [-0.1, -0.05) is 49.7 Å². The third-order valence-corrected chi connectivity index (χ3v) is 5.52. The molecule has 0 saturated carbocycles. The SMILES string of the molecule is CC(C)c1ccc(COC(=O)CCNS(=O)(=O)c2ccc(Cl)cc2)cc1. The minimum Gasteiger partial charge on any atom is -0.461 e. The van der Waals surface area contributed by atoms with E-state index < -0.39 is 16.0 Å². The van der Waals surface area contributed by atoms with Gasteiger partial charge in [-0.3, -0.25) is 4.79 Å². The van der Waals surface area contributed by atoms with Gasteiger partial charge in [0, 0.05) is 11.6 Å². The number of hydrogen-bond donors (Lipinski definition) is 1. The van der Waals surface area contributed by atoms with Gasteiger partial charge < -0.3 is 4.74 Å². The van der Waals surface area contributed by atoms with Gasteiger partial charge in [0.25, 0.3) is 0 Å². The number of ether oxygens (including phenoxy) is 1. The van der Waals surface area contributed by atoms with Crippen LogP contribution in [-0.4, -0.2) is 20.9 Å². The van der Waals surface area contributed by atoms with E-state index >= 15 is 0 Å². The van der Waals surface area contributed by atoms with Gasteiger partial charge in [-0.15, -0.1) is 0 Å². The Morgan fingerprint density at radius 3 is 2.27 bits per heavy atom. The van der Waals surface area contributed by atoms with E-state index in [9.17, 15) is 13.2 Å². The second-order valence-electron chi connectivity index (χ2n) is 6.16. The van der Waals surface area contributed by atoms with Crippen molar-refractivity contribution < 1.29 is 17.9 Å². The van der Waals surface area contributed by atoms with Crippen molar-refractivity contribution in [1.82, 2.24) is 4.72 Å². The lowest BCUT2D eigenvalue weighted by Gasteiger charge is -2.09. The van der Waals surface area contributed by atoms with E-state index in [1.54, 1.807) is 0 Å². The van der Waals surface area contributed by atoms with Crippen LogP contribution >= 0.6 is 11.6 Å². The normalized spacial score (nSPS) is 11.5. The molecule has 0 bridgehead atoms. The molecule has 0 aromatic heterocycles. The quantitative estimate of drug-likeness (QED) is 0.688. The van der Waals surface area contributed by atoms with Gasteiger partial charge in [0.2, 0.25) is 10.0 Å². The largest absolute Gasteiger partial charge is 0.461 e. The fraction of sp³-hybridized carbons (Fsp3) is 0.316. The van der Waals surface area contributed by atoms with Gasteiger partial charge in [-0.2, -0.15) is 0 Å². The molecule has 2 aromatic rings. The van der Waals surface area contributed by atoms with Crippen molar-refractivity contribution >= 4 is 27.6 Å². The van der Waals surface area contributed by atoms with E-state index in [0.29, 0.717) is 10.9 Å². The topological polar surface area (TPSA) is 72.5 Å². The van der Waals surface area contributed by atoms with Crippen LogP contribution in [0.15, 0.2) is 53.4 Å². The molecule has 26 heavy (non-hydrogen) atoms. The minimum atomic E-state index is -3.67. The second-order valence-corrected chi connectivity index (χ2v) is 8.36. The summed E-state index contributed by atoms with van der Waals surface area (Å²) in [7, 11) is -3.67. The summed E-state index contributed by atoms with van der Waals surface area (Å²) in [5, 5.41) is 0.453. The molecule has 0 spiro atoms. The fourth-order valence-electron chi connectivity index (χ4n) is 2.22. The highest BCUT2D eigenvalue weighted by Crippen LogP contribution is 2.15. The fourth-order valence-corrected chi connectivity index (χ4v) is 3.38. The van der Waals surface area contributed by atoms with E-state index in [-0.39, 0.29) is 24.5 Å². The Morgan fingerprint density at radius 1 is 1.08 bits per heavy atom. The van der Waals surface area contributed by atoms with Crippen LogP contribution in [0.25, 0.3) is 0 Å². The van der Waals surface area contributed by atoms with Crippen LogP contribution in [0.4, 0.5) is 0 Å². The molecule has 0 unspecified atom stereocenters. The van der Waals surface area contributed by atoms with Crippen LogP contribution in [0.3, 0.4) is 0 Å². The summed E-state index contributed by atoms with van der Waals surface area (Å²) < 4.78 is 31.7. The summed E-state index contributed by atoms with van der Waals surface area (Å²) in [6.07, 6.45) is -0.0447. The summed E-state index contributed by atoms with van der Waals surface area (Å²) in [5.74, 6) is -0.0167. The molecule has 2 aromatic carbocycles. The van der Waals surface area contributed by atoms with Gasteiger partial charge in [0.15, 0.2) is 0 Å². The first-order valence-corrected chi connectivity index (χ1v) is 10.1. The molecule has 0 saturated heterocycles. The van der Waals surface area contributed by atoms with Crippen LogP contribution in [0.1, 0.15) is 37.3 Å². The molecule has 140 valence electrons. The van der Waals surface area contributed by atoms with E-state index in [4.69, 9.17) is 16.3 Å². The van der Waals surface area contributed by atoms with Crippen molar-refractivity contribution in [2.75, 3.05) is 6.54 Å². The number of benzene rings is 2. The zero-order valence-corrected chi connectivity index (χ0v) is 16.3. The van der Waals surface area contributed by atoms with Crippen LogP contribution in [0, 0.1) is 0 Å². The monoisotopic (exact) mass is 395 g/mol. The van der Waals surface area contributed by atoms with Gasteiger partial charge in [-0.25, -0.2) is 13.1 Å². The standard InChI is InChI=1S/C19H22ClNO4S/c1-14(2)16-5-3-15(4-6-16)13-25-19(22)11-12-21-26(23,24)18-9-7-17(20)8-10-18/h3-10,14,21H,11-13H2,1-2H3. The average molecular weight is 396 g/mol. The van der Waals surface area contributed by atoms with Crippen LogP contribution in [0.5, 0.6) is 0 Å². The van der Waals surface area contributed by atoms with Crippen LogP contribution < -0.4 is 4.72 Å². The molecule has 0 aliphatic carbocycles. The van der Waals surface area contributed by atoms with Gasteiger partial charge >= 0.3 is 5.97 Å². The summed E-state index contributed by atoms with van der Waals surface area (Å²) in [5.41, 5.74) is 2.11. The Labute approximate surface area is 159 Å². The maximum atomic E-state index is 12.1. The number of carbonyl (C=O) groups excluding carboxylic acids is 1. The maximum Gasteiger partial charge on any atom is 0.307 e. The maximum absolute atomic E-state index is 12.1. The summed E-state index contributed by atoms with van der Waals surface area (Å²) in [6, 6.07) is 13.7. The summed E-state index contributed by atoms with van der Waals surface area (Å²) >= 11 is 5.74. The Morgan fingerprint density at radius 2 is 1.69 bits per heavy atom. The van der Waals surface area contributed by atoms with Crippen molar-refractivity contribution in [2.45, 2.75) is 37.7 Å². The Balaban J connectivity index is 1.77. The van der Waals surface area contributed by atoms with Crippen LogP contribution in [-0.2, 0) is 26.2 Å². The minimum absolute atomic E-state index is 0.0317. The van der Waals surface area contributed by atoms with E-state index in [1.807, 2.05) is 24.3 Å². The van der Waals surface area contributed by atoms with Crippen molar-refractivity contribution in [3.8, 4) is 0 Å². The lowest BCUT2D eigenvalue weighted by molar-refractivity contribution is -0.144. The molecular formula is C19H22ClNO4S. The lowest BCUT2D eigenvalue weighted by atomic mass is 10.0. The molecule has 7 heteroatoms. The average Bonchev–Trinajstić information content (AvgIpc) is 2.60. The highest BCUT2D eigenvalue weighted by atomic mass is 35.5. The first-order valence-electron chi connectivity index (χ1n) is 8.27. The molecule has 5 nitrogen and oxygen atoms in total. The lowest BCUT2D eigenvalue weighted by Crippen LogP contribution is -2.26. The Bertz CT molecular complexity index is 831. The molecule has 0 atom stereocenters. The number of hydrogen-bond acceptors (Lipinski definition) is 4. The van der Waals surface area contributed by atoms with Crippen molar-refractivity contribution in [3.05, 3.63) is 64.7 Å². The Hall–Kier alpha value is -1.89. The third kappa shape index (κ3) is 6.12. The van der Waals surface area contributed by atoms with Crippen molar-refractivity contribution in [2.24, 2.45) is 0 Å². The highest BCUT2D eigenvalue weighted by molar-refractivity contribution is 7.89. The second kappa shape index (κ2) is 9.16. The zero-order chi connectivity index (χ0) is 19.2. The van der Waals surface area contributed by atoms with Crippen molar-refractivity contribution in [1.29, 1.82) is 0 Å². The molecule has 0 radical (unpaired) electrons. The molecule has 2 rings (SSSR count). The van der Waals surface area contributed by atoms with Crippen LogP contribution in [0.2, 0.25) is 5.02 Å². The van der Waals surface area contributed by atoms with Crippen molar-refractivity contribution in [3.63, 3.8) is 0 Å². The number of nitrogens with one attached hydrogen (secondary N) is 1. The van der Waals surface area contributed by atoms with Gasteiger partial charge in [-0.05, 0) is 41.3 Å². The highest BCUT2D eigenvalue weighted by Gasteiger charge is 2.14. The molecular weight excluding hydrogens is 374 g/mol. The molecule has 0 aliphatic heterocycles. The summed E-state index contributed by atoms with van der Waals surface area (Å²) in [6.45, 7) is 4.36.